The van der Waals surface area contributed by atoms with Crippen molar-refractivity contribution in [3.63, 3.8) is 0 Å². The molecule has 0 spiro atoms. The number of fused-ring (bicyclic) bond motifs is 8. The van der Waals surface area contributed by atoms with E-state index in [4.69, 9.17) is 0 Å². The molecule has 0 saturated heterocycles. The predicted octanol–water partition coefficient (Wildman–Crippen LogP) is 6.65. The molecule has 0 unspecified atom stereocenters. The third-order valence-electron chi connectivity index (χ3n) is 4.98. The highest BCUT2D eigenvalue weighted by atomic mass is 14.8. The maximum absolute atomic E-state index is 4.63. The van der Waals surface area contributed by atoms with Crippen LogP contribution in [-0.2, 0) is 0 Å². The first-order valence-electron chi connectivity index (χ1n) is 10.3. The van der Waals surface area contributed by atoms with Crippen molar-refractivity contribution in [1.82, 2.24) is 19.9 Å². The summed E-state index contributed by atoms with van der Waals surface area (Å²) >= 11 is 0. The second-order valence-corrected chi connectivity index (χ2v) is 7.56. The van der Waals surface area contributed by atoms with E-state index < -0.39 is 0 Å². The van der Waals surface area contributed by atoms with Gasteiger partial charge in [0.1, 0.15) is 0 Å². The lowest BCUT2D eigenvalue weighted by Crippen LogP contribution is -1.75. The van der Waals surface area contributed by atoms with Crippen LogP contribution < -0.4 is 0 Å². The molecule has 4 heteroatoms. The fraction of sp³-hybridized carbons (Fsp3) is 0.0370. The number of aryl methyl sites for hydroxylation is 1. The maximum Gasteiger partial charge on any atom is 0.0658 e. The van der Waals surface area contributed by atoms with Gasteiger partial charge in [0.25, 0.3) is 0 Å². The summed E-state index contributed by atoms with van der Waals surface area (Å²) in [6.07, 6.45) is 8.09. The smallest absolute Gasteiger partial charge is 0.0658 e. The van der Waals surface area contributed by atoms with Crippen molar-refractivity contribution in [1.29, 1.82) is 0 Å². The molecule has 0 atom stereocenters. The van der Waals surface area contributed by atoms with Crippen LogP contribution in [0, 0.1) is 6.92 Å². The first-order chi connectivity index (χ1) is 15.2. The minimum Gasteiger partial charge on any atom is -0.355 e. The summed E-state index contributed by atoms with van der Waals surface area (Å²) in [4.78, 5) is 16.0. The number of aromatic nitrogens is 4. The highest BCUT2D eigenvalue weighted by Crippen LogP contribution is 2.16. The monoisotopic (exact) mass is 402 g/mol. The van der Waals surface area contributed by atoms with E-state index in [2.05, 4.69) is 63.3 Å². The molecular formula is C27H22N4. The van der Waals surface area contributed by atoms with Gasteiger partial charge in [-0.1, -0.05) is 35.9 Å². The Hall–Kier alpha value is -4.18. The molecule has 2 N–H and O–H groups in total. The maximum atomic E-state index is 4.63. The number of rotatable bonds is 0. The normalized spacial score (nSPS) is 11.8. The molecule has 2 aliphatic rings. The molecule has 0 amide bonds. The first-order valence-corrected chi connectivity index (χ1v) is 10.3. The summed E-state index contributed by atoms with van der Waals surface area (Å²) in [7, 11) is 0. The van der Waals surface area contributed by atoms with E-state index in [9.17, 15) is 0 Å². The van der Waals surface area contributed by atoms with Crippen LogP contribution in [0.25, 0.3) is 46.4 Å². The van der Waals surface area contributed by atoms with Gasteiger partial charge < -0.3 is 9.97 Å². The largest absolute Gasteiger partial charge is 0.355 e. The Morgan fingerprint density at radius 1 is 0.484 bits per heavy atom. The lowest BCUT2D eigenvalue weighted by molar-refractivity contribution is 1.31. The lowest BCUT2D eigenvalue weighted by atomic mass is 10.2. The highest BCUT2D eigenvalue weighted by Gasteiger charge is 2.01. The number of nitrogens with one attached hydrogen (secondary N) is 2. The average molecular weight is 403 g/mol. The third kappa shape index (κ3) is 4.70. The molecule has 4 aromatic rings. The fourth-order valence-electron chi connectivity index (χ4n) is 3.48. The second-order valence-electron chi connectivity index (χ2n) is 7.56. The highest BCUT2D eigenvalue weighted by molar-refractivity contribution is 5.77. The molecule has 31 heavy (non-hydrogen) atoms. The molecule has 0 saturated carbocycles. The van der Waals surface area contributed by atoms with Crippen LogP contribution in [0.15, 0.2) is 78.9 Å². The Kier molecular flexibility index (Phi) is 5.03. The Labute approximate surface area is 180 Å². The van der Waals surface area contributed by atoms with Crippen LogP contribution in [0.5, 0.6) is 0 Å². The molecule has 0 radical (unpaired) electrons. The van der Waals surface area contributed by atoms with Gasteiger partial charge in [-0.15, -0.1) is 0 Å². The van der Waals surface area contributed by atoms with Crippen molar-refractivity contribution in [2.75, 3.05) is 0 Å². The third-order valence-corrected chi connectivity index (χ3v) is 4.98. The minimum atomic E-state index is 0.939. The minimum absolute atomic E-state index is 0.939. The number of hydrogen-bond acceptors (Lipinski definition) is 2. The zero-order valence-electron chi connectivity index (χ0n) is 17.2. The number of nitrogens with zero attached hydrogens (tertiary/aromatic N) is 2. The van der Waals surface area contributed by atoms with Gasteiger partial charge >= 0.3 is 0 Å². The van der Waals surface area contributed by atoms with Gasteiger partial charge in [0.15, 0.2) is 0 Å². The van der Waals surface area contributed by atoms with E-state index in [1.54, 1.807) is 0 Å². The van der Waals surface area contributed by atoms with Crippen LogP contribution in [0.4, 0.5) is 0 Å². The van der Waals surface area contributed by atoms with E-state index in [0.29, 0.717) is 0 Å². The van der Waals surface area contributed by atoms with Crippen molar-refractivity contribution in [3.8, 4) is 0 Å². The topological polar surface area (TPSA) is 57.4 Å². The van der Waals surface area contributed by atoms with Gasteiger partial charge in [-0.3, -0.25) is 0 Å². The van der Waals surface area contributed by atoms with E-state index in [1.165, 1.54) is 5.56 Å². The molecule has 150 valence electrons. The van der Waals surface area contributed by atoms with Gasteiger partial charge in [-0.2, -0.15) is 0 Å². The van der Waals surface area contributed by atoms with Crippen LogP contribution in [0.3, 0.4) is 0 Å². The molecule has 4 nitrogen and oxygen atoms in total. The van der Waals surface area contributed by atoms with Crippen molar-refractivity contribution in [2.24, 2.45) is 0 Å². The SMILES string of the molecule is C1=Cc2cc3ccc(cc4nc(cc5ccc(cc1n2)[nH]5)C=C4)[nH]3.Cc1ccccc1. The summed E-state index contributed by atoms with van der Waals surface area (Å²) in [5.41, 5.74) is 9.18. The van der Waals surface area contributed by atoms with E-state index in [0.717, 1.165) is 44.8 Å². The second kappa shape index (κ2) is 8.28. The zero-order chi connectivity index (χ0) is 21.0. The Morgan fingerprint density at radius 2 is 0.839 bits per heavy atom. The summed E-state index contributed by atoms with van der Waals surface area (Å²) in [6, 6.07) is 26.6. The van der Waals surface area contributed by atoms with Gasteiger partial charge in [0.05, 0.1) is 22.8 Å². The summed E-state index contributed by atoms with van der Waals surface area (Å²) in [6.45, 7) is 2.08. The number of hydrogen-bond donors (Lipinski definition) is 2. The van der Waals surface area contributed by atoms with Crippen LogP contribution in [0.1, 0.15) is 28.3 Å². The zero-order valence-corrected chi connectivity index (χ0v) is 17.2. The summed E-state index contributed by atoms with van der Waals surface area (Å²) in [5, 5.41) is 0. The molecular weight excluding hydrogens is 380 g/mol. The van der Waals surface area contributed by atoms with Gasteiger partial charge in [0, 0.05) is 22.1 Å². The van der Waals surface area contributed by atoms with E-state index >= 15 is 0 Å². The van der Waals surface area contributed by atoms with E-state index in [1.807, 2.05) is 66.8 Å². The fourth-order valence-corrected chi connectivity index (χ4v) is 3.48. The molecule has 1 aromatic carbocycles. The molecule has 0 fully saturated rings. The van der Waals surface area contributed by atoms with Gasteiger partial charge in [-0.25, -0.2) is 9.97 Å². The molecule has 6 rings (SSSR count). The lowest BCUT2D eigenvalue weighted by Gasteiger charge is -1.85. The van der Waals surface area contributed by atoms with E-state index in [-0.39, 0.29) is 0 Å². The number of H-pyrrole nitrogens is 2. The molecule has 5 heterocycles. The van der Waals surface area contributed by atoms with Crippen molar-refractivity contribution in [3.05, 3.63) is 107 Å². The molecule has 2 aliphatic heterocycles. The Bertz CT molecular complexity index is 1260. The van der Waals surface area contributed by atoms with Crippen molar-refractivity contribution >= 4 is 46.4 Å². The Balaban J connectivity index is 0.000000250. The van der Waals surface area contributed by atoms with Gasteiger partial charge in [-0.05, 0) is 79.8 Å². The first kappa shape index (κ1) is 18.8. The van der Waals surface area contributed by atoms with Crippen LogP contribution >= 0.6 is 0 Å². The van der Waals surface area contributed by atoms with Crippen LogP contribution in [0.2, 0.25) is 0 Å². The van der Waals surface area contributed by atoms with Gasteiger partial charge in [0.2, 0.25) is 0 Å². The standard InChI is InChI=1S/C20H14N4.C7H8/c1-2-14-10-16-5-6-18(23-16)12-20-8-7-19(24-20)11-17-4-3-15(22-17)9-13(1)21-14;1-7-5-3-2-4-6-7/h1-12,21,24H;2-6H,1H3. The number of aromatic amines is 2. The van der Waals surface area contributed by atoms with Crippen molar-refractivity contribution in [2.45, 2.75) is 6.92 Å². The quantitative estimate of drug-likeness (QED) is 0.299. The number of benzene rings is 1. The average Bonchev–Trinajstić information content (AvgIpc) is 3.55. The molecule has 8 bridgehead atoms. The summed E-state index contributed by atoms with van der Waals surface area (Å²) in [5.74, 6) is 0. The van der Waals surface area contributed by atoms with Crippen LogP contribution in [-0.4, -0.2) is 19.9 Å². The summed E-state index contributed by atoms with van der Waals surface area (Å²) < 4.78 is 0. The van der Waals surface area contributed by atoms with Crippen molar-refractivity contribution < 1.29 is 0 Å². The predicted molar refractivity (Wildman–Crippen MR) is 130 cm³/mol. The molecule has 3 aromatic heterocycles. The molecule has 0 aliphatic carbocycles. The Morgan fingerprint density at radius 3 is 1.13 bits per heavy atom.